The quantitative estimate of drug-likeness (QED) is 0.375. The third-order valence-corrected chi connectivity index (χ3v) is 6.85. The fourth-order valence-electron chi connectivity index (χ4n) is 3.94. The van der Waals surface area contributed by atoms with E-state index in [9.17, 15) is 9.59 Å². The molecule has 0 spiro atoms. The van der Waals surface area contributed by atoms with Gasteiger partial charge in [-0.15, -0.1) is 11.3 Å². The van der Waals surface area contributed by atoms with E-state index in [0.29, 0.717) is 27.6 Å². The molecule has 7 heteroatoms. The Balaban J connectivity index is 1.85. The molecule has 2 heterocycles. The van der Waals surface area contributed by atoms with Gasteiger partial charge in [-0.2, -0.15) is 0 Å². The van der Waals surface area contributed by atoms with Gasteiger partial charge in [-0.3, -0.25) is 14.5 Å². The summed E-state index contributed by atoms with van der Waals surface area (Å²) in [4.78, 5) is 34.4. The standard InChI is InChI=1S/C27H27N3O3S/c1-17-10-8-14-23(18(17)2)30(27(32)25-19(3)29-20(4)34-25)24(21-11-6-5-7-12-21)26(31)28-16-22-13-9-15-33-22/h5-15,24H,16H2,1-4H3,(H,28,31)/t24-/m0/s1. The number of thiazole rings is 1. The number of amides is 2. The zero-order valence-electron chi connectivity index (χ0n) is 19.7. The monoisotopic (exact) mass is 473 g/mol. The predicted octanol–water partition coefficient (Wildman–Crippen LogP) is 5.67. The number of anilines is 1. The average molecular weight is 474 g/mol. The number of carbonyl (C=O) groups excluding carboxylic acids is 2. The molecular formula is C27H27N3O3S. The Labute approximate surface area is 203 Å². The molecule has 4 aromatic rings. The molecule has 0 saturated carbocycles. The van der Waals surface area contributed by atoms with Crippen molar-refractivity contribution in [2.24, 2.45) is 0 Å². The predicted molar refractivity (Wildman–Crippen MR) is 134 cm³/mol. The topological polar surface area (TPSA) is 75.4 Å². The number of nitrogens with zero attached hydrogens (tertiary/aromatic N) is 2. The molecule has 0 radical (unpaired) electrons. The highest BCUT2D eigenvalue weighted by Gasteiger charge is 2.35. The molecule has 34 heavy (non-hydrogen) atoms. The maximum Gasteiger partial charge on any atom is 0.271 e. The van der Waals surface area contributed by atoms with Crippen molar-refractivity contribution in [3.05, 3.63) is 105 Å². The van der Waals surface area contributed by atoms with Crippen LogP contribution in [0.15, 0.2) is 71.3 Å². The molecule has 2 amide bonds. The number of aromatic nitrogens is 1. The molecule has 0 saturated heterocycles. The van der Waals surface area contributed by atoms with Crippen molar-refractivity contribution in [1.29, 1.82) is 0 Å². The summed E-state index contributed by atoms with van der Waals surface area (Å²) >= 11 is 1.34. The maximum absolute atomic E-state index is 14.1. The number of benzene rings is 2. The third kappa shape index (κ3) is 4.79. The van der Waals surface area contributed by atoms with Gasteiger partial charge in [0, 0.05) is 5.69 Å². The zero-order chi connectivity index (χ0) is 24.2. The highest BCUT2D eigenvalue weighted by Crippen LogP contribution is 2.34. The summed E-state index contributed by atoms with van der Waals surface area (Å²) in [5, 5.41) is 3.76. The first kappa shape index (κ1) is 23.4. The molecule has 4 rings (SSSR count). The second-order valence-electron chi connectivity index (χ2n) is 8.15. The van der Waals surface area contributed by atoms with Crippen molar-refractivity contribution < 1.29 is 14.0 Å². The van der Waals surface area contributed by atoms with E-state index in [1.165, 1.54) is 11.3 Å². The fraction of sp³-hybridized carbons (Fsp3) is 0.222. The molecule has 174 valence electrons. The van der Waals surface area contributed by atoms with E-state index in [1.54, 1.807) is 23.3 Å². The number of furan rings is 1. The number of carbonyl (C=O) groups is 2. The first-order chi connectivity index (χ1) is 16.4. The van der Waals surface area contributed by atoms with Crippen LogP contribution in [0.2, 0.25) is 0 Å². The Morgan fingerprint density at radius 3 is 2.41 bits per heavy atom. The first-order valence-corrected chi connectivity index (χ1v) is 11.9. The van der Waals surface area contributed by atoms with Gasteiger partial charge in [0.05, 0.1) is 23.5 Å². The van der Waals surface area contributed by atoms with Crippen LogP contribution in [0, 0.1) is 27.7 Å². The highest BCUT2D eigenvalue weighted by molar-refractivity contribution is 7.13. The smallest absolute Gasteiger partial charge is 0.271 e. The molecule has 2 aromatic heterocycles. The lowest BCUT2D eigenvalue weighted by Gasteiger charge is -2.32. The van der Waals surface area contributed by atoms with Gasteiger partial charge in [0.25, 0.3) is 5.91 Å². The minimum absolute atomic E-state index is 0.225. The summed E-state index contributed by atoms with van der Waals surface area (Å²) in [7, 11) is 0. The van der Waals surface area contributed by atoms with Crippen molar-refractivity contribution in [1.82, 2.24) is 10.3 Å². The van der Waals surface area contributed by atoms with Gasteiger partial charge in [-0.25, -0.2) is 4.98 Å². The van der Waals surface area contributed by atoms with Crippen LogP contribution >= 0.6 is 11.3 Å². The van der Waals surface area contributed by atoms with Gasteiger partial charge in [-0.05, 0) is 62.6 Å². The molecule has 1 N–H and O–H groups in total. The van der Waals surface area contributed by atoms with Crippen molar-refractivity contribution in [3.63, 3.8) is 0 Å². The second-order valence-corrected chi connectivity index (χ2v) is 9.36. The number of hydrogen-bond donors (Lipinski definition) is 1. The SMILES string of the molecule is Cc1nc(C)c(C(=O)N(c2cccc(C)c2C)[C@H](C(=O)NCc2ccco2)c2ccccc2)s1. The van der Waals surface area contributed by atoms with Crippen LogP contribution in [0.1, 0.15) is 48.9 Å². The molecular weight excluding hydrogens is 446 g/mol. The molecule has 0 aliphatic rings. The molecule has 1 atom stereocenters. The van der Waals surface area contributed by atoms with Gasteiger partial charge < -0.3 is 9.73 Å². The van der Waals surface area contributed by atoms with Gasteiger partial charge >= 0.3 is 0 Å². The largest absolute Gasteiger partial charge is 0.467 e. The van der Waals surface area contributed by atoms with Crippen LogP contribution in [-0.4, -0.2) is 16.8 Å². The van der Waals surface area contributed by atoms with E-state index in [-0.39, 0.29) is 18.4 Å². The van der Waals surface area contributed by atoms with Gasteiger partial charge in [-0.1, -0.05) is 42.5 Å². The van der Waals surface area contributed by atoms with E-state index < -0.39 is 6.04 Å². The van der Waals surface area contributed by atoms with Crippen LogP contribution in [0.5, 0.6) is 0 Å². The molecule has 0 aliphatic carbocycles. The van der Waals surface area contributed by atoms with Crippen molar-refractivity contribution in [2.45, 2.75) is 40.3 Å². The minimum atomic E-state index is -0.883. The van der Waals surface area contributed by atoms with Crippen molar-refractivity contribution >= 4 is 28.8 Å². The Morgan fingerprint density at radius 1 is 1.00 bits per heavy atom. The minimum Gasteiger partial charge on any atom is -0.467 e. The van der Waals surface area contributed by atoms with Crippen LogP contribution in [0.4, 0.5) is 5.69 Å². The lowest BCUT2D eigenvalue weighted by Crippen LogP contribution is -2.44. The van der Waals surface area contributed by atoms with Gasteiger partial charge in [0.1, 0.15) is 16.7 Å². The summed E-state index contributed by atoms with van der Waals surface area (Å²) in [6, 6.07) is 17.9. The maximum atomic E-state index is 14.1. The fourth-order valence-corrected chi connectivity index (χ4v) is 4.80. The number of hydrogen-bond acceptors (Lipinski definition) is 5. The van der Waals surface area contributed by atoms with E-state index in [4.69, 9.17) is 4.42 Å². The van der Waals surface area contributed by atoms with Crippen LogP contribution in [0.25, 0.3) is 0 Å². The van der Waals surface area contributed by atoms with E-state index in [1.807, 2.05) is 76.2 Å². The average Bonchev–Trinajstić information content (AvgIpc) is 3.47. The van der Waals surface area contributed by atoms with Crippen molar-refractivity contribution in [3.8, 4) is 0 Å². The van der Waals surface area contributed by atoms with Gasteiger partial charge in [0.15, 0.2) is 0 Å². The molecule has 0 aliphatic heterocycles. The van der Waals surface area contributed by atoms with Crippen molar-refractivity contribution in [2.75, 3.05) is 4.90 Å². The Morgan fingerprint density at radius 2 is 1.76 bits per heavy atom. The number of rotatable bonds is 7. The summed E-state index contributed by atoms with van der Waals surface area (Å²) in [6.45, 7) is 7.90. The number of nitrogens with one attached hydrogen (secondary N) is 1. The van der Waals surface area contributed by atoms with E-state index in [0.717, 1.165) is 16.1 Å². The Bertz CT molecular complexity index is 1300. The summed E-state index contributed by atoms with van der Waals surface area (Å²) < 4.78 is 5.38. The van der Waals surface area contributed by atoms with Crippen LogP contribution in [0.3, 0.4) is 0 Å². The lowest BCUT2D eigenvalue weighted by atomic mass is 10.00. The summed E-state index contributed by atoms with van der Waals surface area (Å²) in [5.41, 5.74) is 4.04. The summed E-state index contributed by atoms with van der Waals surface area (Å²) in [5.74, 6) is 0.0910. The van der Waals surface area contributed by atoms with Crippen LogP contribution < -0.4 is 10.2 Å². The molecule has 0 unspecified atom stereocenters. The normalized spacial score (nSPS) is 11.8. The van der Waals surface area contributed by atoms with Crippen LogP contribution in [-0.2, 0) is 11.3 Å². The first-order valence-electron chi connectivity index (χ1n) is 11.1. The molecule has 2 aromatic carbocycles. The lowest BCUT2D eigenvalue weighted by molar-refractivity contribution is -0.122. The number of aryl methyl sites for hydroxylation is 3. The van der Waals surface area contributed by atoms with E-state index in [2.05, 4.69) is 10.3 Å². The highest BCUT2D eigenvalue weighted by atomic mass is 32.1. The molecule has 0 fully saturated rings. The molecule has 6 nitrogen and oxygen atoms in total. The van der Waals surface area contributed by atoms with E-state index >= 15 is 0 Å². The Hall–Kier alpha value is -3.71. The van der Waals surface area contributed by atoms with Gasteiger partial charge in [0.2, 0.25) is 5.91 Å². The zero-order valence-corrected chi connectivity index (χ0v) is 20.5. The second kappa shape index (κ2) is 10.1. The molecule has 0 bridgehead atoms. The Kier molecular flexibility index (Phi) is 6.93. The third-order valence-electron chi connectivity index (χ3n) is 5.79. The summed E-state index contributed by atoms with van der Waals surface area (Å²) in [6.07, 6.45) is 1.57.